The highest BCUT2D eigenvalue weighted by Gasteiger charge is 2.13. The predicted octanol–water partition coefficient (Wildman–Crippen LogP) is 3.88. The fourth-order valence-electron chi connectivity index (χ4n) is 2.04. The van der Waals surface area contributed by atoms with E-state index in [-0.39, 0.29) is 12.3 Å². The van der Waals surface area contributed by atoms with Crippen molar-refractivity contribution in [2.75, 3.05) is 5.32 Å². The number of hydrogen-bond donors (Lipinski definition) is 1. The van der Waals surface area contributed by atoms with Crippen LogP contribution in [-0.4, -0.2) is 16.0 Å². The minimum Gasteiger partial charge on any atom is -0.334 e. The van der Waals surface area contributed by atoms with Gasteiger partial charge >= 0.3 is 0 Å². The van der Waals surface area contributed by atoms with E-state index in [9.17, 15) is 4.79 Å². The Morgan fingerprint density at radius 2 is 1.91 bits per heavy atom. The molecule has 0 aliphatic carbocycles. The maximum Gasteiger partial charge on any atom is 0.257 e. The van der Waals surface area contributed by atoms with Gasteiger partial charge in [0.2, 0.25) is 5.91 Å². The molecule has 1 N–H and O–H groups in total. The van der Waals surface area contributed by atoms with Crippen LogP contribution in [0, 0.1) is 6.92 Å². The molecule has 0 unspecified atom stereocenters. The summed E-state index contributed by atoms with van der Waals surface area (Å²) in [6.45, 7) is 2.00. The van der Waals surface area contributed by atoms with Crippen molar-refractivity contribution in [2.45, 2.75) is 13.3 Å². The van der Waals surface area contributed by atoms with E-state index in [0.717, 1.165) is 11.1 Å². The van der Waals surface area contributed by atoms with Crippen LogP contribution in [0.4, 0.5) is 5.69 Å². The summed E-state index contributed by atoms with van der Waals surface area (Å²) in [5.41, 5.74) is 2.52. The number of hydrogen-bond acceptors (Lipinski definition) is 4. The van der Waals surface area contributed by atoms with Gasteiger partial charge in [0.25, 0.3) is 5.89 Å². The first-order valence-corrected chi connectivity index (χ1v) is 7.43. The Balaban J connectivity index is 1.68. The van der Waals surface area contributed by atoms with Crippen LogP contribution >= 0.6 is 11.6 Å². The lowest BCUT2D eigenvalue weighted by molar-refractivity contribution is -0.115. The van der Waals surface area contributed by atoms with Gasteiger partial charge in [-0.2, -0.15) is 4.98 Å². The van der Waals surface area contributed by atoms with Crippen molar-refractivity contribution in [1.82, 2.24) is 10.1 Å². The fraction of sp³-hybridized carbons (Fsp3) is 0.118. The molecule has 116 valence electrons. The number of rotatable bonds is 4. The fourth-order valence-corrected chi connectivity index (χ4v) is 2.22. The van der Waals surface area contributed by atoms with E-state index in [4.69, 9.17) is 16.1 Å². The molecule has 2 aromatic carbocycles. The second-order valence-electron chi connectivity index (χ2n) is 5.09. The third kappa shape index (κ3) is 3.76. The van der Waals surface area contributed by atoms with E-state index in [1.165, 1.54) is 0 Å². The molecule has 0 aliphatic heterocycles. The topological polar surface area (TPSA) is 68.0 Å². The molecule has 1 amide bonds. The van der Waals surface area contributed by atoms with Crippen LogP contribution in [0.2, 0.25) is 5.02 Å². The Labute approximate surface area is 138 Å². The van der Waals surface area contributed by atoms with Gasteiger partial charge in [-0.05, 0) is 31.2 Å². The zero-order valence-corrected chi connectivity index (χ0v) is 13.2. The molecule has 23 heavy (non-hydrogen) atoms. The summed E-state index contributed by atoms with van der Waals surface area (Å²) in [6.07, 6.45) is 0.0145. The van der Waals surface area contributed by atoms with E-state index < -0.39 is 0 Å². The van der Waals surface area contributed by atoms with E-state index in [1.54, 1.807) is 24.3 Å². The van der Waals surface area contributed by atoms with Crippen molar-refractivity contribution >= 4 is 23.2 Å². The molecular formula is C17H14ClN3O2. The lowest BCUT2D eigenvalue weighted by Gasteiger charge is -2.04. The quantitative estimate of drug-likeness (QED) is 0.789. The Bertz CT molecular complexity index is 828. The molecule has 0 saturated heterocycles. The summed E-state index contributed by atoms with van der Waals surface area (Å²) in [6, 6.07) is 14.8. The molecule has 6 heteroatoms. The van der Waals surface area contributed by atoms with Gasteiger partial charge in [-0.3, -0.25) is 4.79 Å². The Morgan fingerprint density at radius 1 is 1.17 bits per heavy atom. The summed E-state index contributed by atoms with van der Waals surface area (Å²) >= 11 is 6.00. The van der Waals surface area contributed by atoms with E-state index >= 15 is 0 Å². The average molecular weight is 328 g/mol. The van der Waals surface area contributed by atoms with Gasteiger partial charge in [0.15, 0.2) is 5.82 Å². The predicted molar refractivity (Wildman–Crippen MR) is 88.3 cm³/mol. The highest BCUT2D eigenvalue weighted by molar-refractivity contribution is 6.33. The van der Waals surface area contributed by atoms with Crippen LogP contribution in [-0.2, 0) is 11.2 Å². The standard InChI is InChI=1S/C17H14ClN3O2/c1-11-6-8-12(9-7-11)17-20-15(21-23-17)10-16(22)19-14-5-3-2-4-13(14)18/h2-9H,10H2,1H3,(H,19,22). The molecular weight excluding hydrogens is 314 g/mol. The number of carbonyl (C=O) groups excluding carboxylic acids is 1. The molecule has 0 fully saturated rings. The first-order valence-electron chi connectivity index (χ1n) is 7.06. The third-order valence-corrected chi connectivity index (χ3v) is 3.56. The lowest BCUT2D eigenvalue weighted by Crippen LogP contribution is -2.15. The normalized spacial score (nSPS) is 10.5. The number of halogens is 1. The lowest BCUT2D eigenvalue weighted by atomic mass is 10.1. The largest absolute Gasteiger partial charge is 0.334 e. The van der Waals surface area contributed by atoms with Gasteiger partial charge in [-0.1, -0.05) is 46.6 Å². The second-order valence-corrected chi connectivity index (χ2v) is 5.49. The van der Waals surface area contributed by atoms with Crippen molar-refractivity contribution in [1.29, 1.82) is 0 Å². The zero-order valence-electron chi connectivity index (χ0n) is 12.4. The molecule has 0 atom stereocenters. The van der Waals surface area contributed by atoms with Gasteiger partial charge < -0.3 is 9.84 Å². The maximum atomic E-state index is 12.0. The molecule has 0 aliphatic rings. The SMILES string of the molecule is Cc1ccc(-c2nc(CC(=O)Nc3ccccc3Cl)no2)cc1. The molecule has 3 rings (SSSR count). The maximum absolute atomic E-state index is 12.0. The van der Waals surface area contributed by atoms with Crippen LogP contribution in [0.5, 0.6) is 0 Å². The molecule has 0 saturated carbocycles. The summed E-state index contributed by atoms with van der Waals surface area (Å²) in [4.78, 5) is 16.3. The molecule has 1 aromatic heterocycles. The summed E-state index contributed by atoms with van der Waals surface area (Å²) in [7, 11) is 0. The average Bonchev–Trinajstić information content (AvgIpc) is 2.98. The third-order valence-electron chi connectivity index (χ3n) is 3.23. The van der Waals surface area contributed by atoms with E-state index in [0.29, 0.717) is 22.4 Å². The van der Waals surface area contributed by atoms with Crippen molar-refractivity contribution in [3.63, 3.8) is 0 Å². The smallest absolute Gasteiger partial charge is 0.257 e. The summed E-state index contributed by atoms with van der Waals surface area (Å²) in [5, 5.41) is 7.04. The first-order chi connectivity index (χ1) is 11.1. The van der Waals surface area contributed by atoms with Crippen LogP contribution in [0.3, 0.4) is 0 Å². The number of benzene rings is 2. The van der Waals surface area contributed by atoms with Gasteiger partial charge in [0.1, 0.15) is 0 Å². The van der Waals surface area contributed by atoms with E-state index in [1.807, 2.05) is 31.2 Å². The molecule has 3 aromatic rings. The summed E-state index contributed by atoms with van der Waals surface area (Å²) in [5.74, 6) is 0.463. The highest BCUT2D eigenvalue weighted by atomic mass is 35.5. The van der Waals surface area contributed by atoms with E-state index in [2.05, 4.69) is 15.5 Å². The zero-order chi connectivity index (χ0) is 16.2. The van der Waals surface area contributed by atoms with Crippen molar-refractivity contribution in [3.05, 3.63) is 64.9 Å². The van der Waals surface area contributed by atoms with Crippen molar-refractivity contribution in [2.24, 2.45) is 0 Å². The number of aryl methyl sites for hydroxylation is 1. The van der Waals surface area contributed by atoms with Crippen LogP contribution in [0.1, 0.15) is 11.4 Å². The number of aromatic nitrogens is 2. The summed E-state index contributed by atoms with van der Waals surface area (Å²) < 4.78 is 5.20. The number of para-hydroxylation sites is 1. The van der Waals surface area contributed by atoms with Crippen LogP contribution in [0.25, 0.3) is 11.5 Å². The van der Waals surface area contributed by atoms with Crippen molar-refractivity contribution < 1.29 is 9.32 Å². The first kappa shape index (κ1) is 15.2. The number of nitrogens with one attached hydrogen (secondary N) is 1. The van der Waals surface area contributed by atoms with Crippen LogP contribution < -0.4 is 5.32 Å². The van der Waals surface area contributed by atoms with Gasteiger partial charge in [-0.25, -0.2) is 0 Å². The molecule has 0 spiro atoms. The molecule has 0 bridgehead atoms. The minimum absolute atomic E-state index is 0.0145. The number of amides is 1. The van der Waals surface area contributed by atoms with Gasteiger partial charge in [-0.15, -0.1) is 0 Å². The highest BCUT2D eigenvalue weighted by Crippen LogP contribution is 2.21. The monoisotopic (exact) mass is 327 g/mol. The second kappa shape index (κ2) is 6.62. The minimum atomic E-state index is -0.255. The van der Waals surface area contributed by atoms with Gasteiger partial charge in [0.05, 0.1) is 17.1 Å². The number of carbonyl (C=O) groups is 1. The Kier molecular flexibility index (Phi) is 4.39. The Hall–Kier alpha value is -2.66. The molecule has 5 nitrogen and oxygen atoms in total. The van der Waals surface area contributed by atoms with Crippen molar-refractivity contribution in [3.8, 4) is 11.5 Å². The Morgan fingerprint density at radius 3 is 2.65 bits per heavy atom. The number of anilines is 1. The molecule has 0 radical (unpaired) electrons. The number of nitrogens with zero attached hydrogens (tertiary/aromatic N) is 2. The van der Waals surface area contributed by atoms with Gasteiger partial charge in [0, 0.05) is 5.56 Å². The molecule has 1 heterocycles. The van der Waals surface area contributed by atoms with Crippen LogP contribution in [0.15, 0.2) is 53.1 Å².